The molecular weight excluding hydrogens is 642 g/mol. The highest BCUT2D eigenvalue weighted by atomic mass is 35.5. The molecule has 0 saturated carbocycles. The maximum atomic E-state index is 13.5. The highest BCUT2D eigenvalue weighted by Crippen LogP contribution is 2.37. The number of hydrogen-bond acceptors (Lipinski definition) is 11. The number of fused-ring (bicyclic) bond motifs is 1. The van der Waals surface area contributed by atoms with Gasteiger partial charge >= 0.3 is 12.2 Å². The van der Waals surface area contributed by atoms with Crippen molar-refractivity contribution < 1.29 is 28.7 Å². The summed E-state index contributed by atoms with van der Waals surface area (Å²) in [5, 5.41) is 15.3. The van der Waals surface area contributed by atoms with Crippen LogP contribution in [0.15, 0.2) is 48.8 Å². The quantitative estimate of drug-likeness (QED) is 0.162. The fourth-order valence-electron chi connectivity index (χ4n) is 5.18. The summed E-state index contributed by atoms with van der Waals surface area (Å²) in [5.74, 6) is 0.451. The minimum absolute atomic E-state index is 0.103. The third-order valence-electron chi connectivity index (χ3n) is 7.32. The van der Waals surface area contributed by atoms with Crippen molar-refractivity contribution in [1.29, 1.82) is 0 Å². The zero-order valence-electron chi connectivity index (χ0n) is 27.9. The summed E-state index contributed by atoms with van der Waals surface area (Å²) in [6.45, 7) is 13.0. The van der Waals surface area contributed by atoms with Crippen molar-refractivity contribution in [1.82, 2.24) is 19.4 Å². The first-order valence-corrected chi connectivity index (χ1v) is 15.6. The van der Waals surface area contributed by atoms with E-state index < -0.39 is 22.2 Å². The first-order chi connectivity index (χ1) is 22.5. The molecule has 48 heavy (non-hydrogen) atoms. The molecule has 0 atom stereocenters. The lowest BCUT2D eigenvalue weighted by Gasteiger charge is -2.36. The fraction of sp³-hybridized carbons (Fsp3) is 0.394. The molecule has 0 aliphatic carbocycles. The Morgan fingerprint density at radius 3 is 2.25 bits per heavy atom. The van der Waals surface area contributed by atoms with Crippen LogP contribution in [0.1, 0.15) is 41.5 Å². The standard InChI is InChI=1S/C33H38ClN7O7/c1-32(2,3)47-30(42)39-14-12-38(13-15-39)20-8-10-22-23(19-40(26(22)17-20)31(43)48-33(4,5)6)28-24(34)18-35-29(37-28)36-25-16-21(41(44)45)9-11-27(25)46-7/h8-11,16-19H,12-15H2,1-7H3,(H,35,36,37). The molecule has 1 saturated heterocycles. The average molecular weight is 680 g/mol. The molecule has 4 aromatic rings. The van der Waals surface area contributed by atoms with Crippen molar-refractivity contribution in [2.24, 2.45) is 0 Å². The highest BCUT2D eigenvalue weighted by Gasteiger charge is 2.28. The molecule has 2 aromatic heterocycles. The molecular formula is C33H38ClN7O7. The Labute approximate surface area is 282 Å². The van der Waals surface area contributed by atoms with Gasteiger partial charge in [0.15, 0.2) is 0 Å². The van der Waals surface area contributed by atoms with E-state index in [-0.39, 0.29) is 28.4 Å². The molecule has 1 N–H and O–H groups in total. The molecule has 0 unspecified atom stereocenters. The van der Waals surface area contributed by atoms with E-state index in [0.717, 1.165) is 5.69 Å². The number of halogens is 1. The van der Waals surface area contributed by atoms with Crippen molar-refractivity contribution in [3.8, 4) is 17.0 Å². The van der Waals surface area contributed by atoms with Crippen molar-refractivity contribution in [3.05, 3.63) is 63.9 Å². The number of piperazine rings is 1. The van der Waals surface area contributed by atoms with Gasteiger partial charge in [0.2, 0.25) is 5.95 Å². The van der Waals surface area contributed by atoms with Gasteiger partial charge in [-0.25, -0.2) is 19.6 Å². The number of nitro groups is 1. The molecule has 0 radical (unpaired) electrons. The van der Waals surface area contributed by atoms with Crippen LogP contribution < -0.4 is 15.0 Å². The van der Waals surface area contributed by atoms with Gasteiger partial charge in [-0.1, -0.05) is 17.7 Å². The minimum atomic E-state index is -0.759. The number of ether oxygens (including phenoxy) is 3. The SMILES string of the molecule is COc1ccc([N+](=O)[O-])cc1Nc1ncc(Cl)c(-c2cn(C(=O)OC(C)(C)C)c3cc(N4CCN(C(=O)OC(C)(C)C)CC4)ccc23)n1. The van der Waals surface area contributed by atoms with Crippen LogP contribution in [-0.2, 0) is 9.47 Å². The summed E-state index contributed by atoms with van der Waals surface area (Å²) in [6, 6.07) is 9.85. The van der Waals surface area contributed by atoms with Crippen LogP contribution in [0.5, 0.6) is 5.75 Å². The number of non-ortho nitro benzene ring substituents is 1. The van der Waals surface area contributed by atoms with E-state index in [2.05, 4.69) is 20.2 Å². The number of methoxy groups -OCH3 is 1. The van der Waals surface area contributed by atoms with Crippen LogP contribution in [0, 0.1) is 10.1 Å². The lowest BCUT2D eigenvalue weighted by Crippen LogP contribution is -2.50. The van der Waals surface area contributed by atoms with Gasteiger partial charge in [0.1, 0.15) is 17.0 Å². The Bertz CT molecular complexity index is 1870. The Hall–Kier alpha value is -5.11. The summed E-state index contributed by atoms with van der Waals surface area (Å²) < 4.78 is 18.1. The van der Waals surface area contributed by atoms with Gasteiger partial charge in [-0.3, -0.25) is 14.7 Å². The van der Waals surface area contributed by atoms with Crippen LogP contribution in [0.3, 0.4) is 0 Å². The fourth-order valence-corrected chi connectivity index (χ4v) is 5.37. The highest BCUT2D eigenvalue weighted by molar-refractivity contribution is 6.33. The van der Waals surface area contributed by atoms with E-state index >= 15 is 0 Å². The van der Waals surface area contributed by atoms with Crippen LogP contribution in [-0.4, -0.2) is 81.0 Å². The number of benzene rings is 2. The summed E-state index contributed by atoms with van der Waals surface area (Å²) >= 11 is 6.64. The first-order valence-electron chi connectivity index (χ1n) is 15.3. The topological polar surface area (TPSA) is 154 Å². The Morgan fingerprint density at radius 1 is 0.958 bits per heavy atom. The van der Waals surface area contributed by atoms with E-state index in [1.54, 1.807) is 31.9 Å². The minimum Gasteiger partial charge on any atom is -0.495 e. The normalized spacial score (nSPS) is 13.8. The van der Waals surface area contributed by atoms with Gasteiger partial charge in [-0.15, -0.1) is 0 Å². The number of rotatable bonds is 6. The summed E-state index contributed by atoms with van der Waals surface area (Å²) in [5.41, 5.74) is 1.09. The Balaban J connectivity index is 1.51. The third-order valence-corrected chi connectivity index (χ3v) is 7.59. The molecule has 15 heteroatoms. The maximum Gasteiger partial charge on any atom is 0.419 e. The van der Waals surface area contributed by atoms with Crippen molar-refractivity contribution >= 4 is 57.7 Å². The summed E-state index contributed by atoms with van der Waals surface area (Å²) in [7, 11) is 1.45. The molecule has 1 fully saturated rings. The number of nitrogens with one attached hydrogen (secondary N) is 1. The van der Waals surface area contributed by atoms with E-state index in [0.29, 0.717) is 54.1 Å². The number of anilines is 3. The van der Waals surface area contributed by atoms with Crippen molar-refractivity contribution in [3.63, 3.8) is 0 Å². The number of amides is 1. The monoisotopic (exact) mass is 679 g/mol. The van der Waals surface area contributed by atoms with E-state index in [9.17, 15) is 19.7 Å². The van der Waals surface area contributed by atoms with Crippen molar-refractivity contribution in [2.75, 3.05) is 43.5 Å². The number of hydrogen-bond donors (Lipinski definition) is 1. The second-order valence-corrected chi connectivity index (χ2v) is 13.6. The zero-order valence-corrected chi connectivity index (χ0v) is 28.6. The Morgan fingerprint density at radius 2 is 1.62 bits per heavy atom. The van der Waals surface area contributed by atoms with Gasteiger partial charge < -0.3 is 29.3 Å². The van der Waals surface area contributed by atoms with Crippen LogP contribution >= 0.6 is 11.6 Å². The van der Waals surface area contributed by atoms with Crippen molar-refractivity contribution in [2.45, 2.75) is 52.7 Å². The number of nitro benzene ring substituents is 1. The molecule has 5 rings (SSSR count). The van der Waals surface area contributed by atoms with Gasteiger partial charge in [0.25, 0.3) is 5.69 Å². The van der Waals surface area contributed by atoms with E-state index in [4.69, 9.17) is 25.8 Å². The van der Waals surface area contributed by atoms with Crippen LogP contribution in [0.4, 0.5) is 32.6 Å². The summed E-state index contributed by atoms with van der Waals surface area (Å²) in [4.78, 5) is 49.7. The van der Waals surface area contributed by atoms with E-state index in [1.807, 2.05) is 39.0 Å². The number of nitrogens with zero attached hydrogens (tertiary/aromatic N) is 6. The predicted molar refractivity (Wildman–Crippen MR) is 183 cm³/mol. The Kier molecular flexibility index (Phi) is 9.40. The van der Waals surface area contributed by atoms with Gasteiger partial charge in [-0.05, 0) is 59.7 Å². The molecule has 1 aliphatic heterocycles. The van der Waals surface area contributed by atoms with Crippen LogP contribution in [0.2, 0.25) is 5.02 Å². The molecule has 1 aliphatic rings. The number of aromatic nitrogens is 3. The lowest BCUT2D eigenvalue weighted by molar-refractivity contribution is -0.384. The van der Waals surface area contributed by atoms with E-state index in [1.165, 1.54) is 36.1 Å². The average Bonchev–Trinajstić information content (AvgIpc) is 3.39. The molecule has 1 amide bonds. The molecule has 0 spiro atoms. The number of carbonyl (C=O) groups is 2. The largest absolute Gasteiger partial charge is 0.495 e. The molecule has 254 valence electrons. The van der Waals surface area contributed by atoms with Crippen LogP contribution in [0.25, 0.3) is 22.2 Å². The first kappa shape index (κ1) is 34.2. The smallest absolute Gasteiger partial charge is 0.419 e. The van der Waals surface area contributed by atoms with Gasteiger partial charge in [0.05, 0.1) is 40.2 Å². The second kappa shape index (κ2) is 13.2. The maximum absolute atomic E-state index is 13.5. The molecule has 0 bridgehead atoms. The summed E-state index contributed by atoms with van der Waals surface area (Å²) in [6.07, 6.45) is 2.09. The van der Waals surface area contributed by atoms with Gasteiger partial charge in [-0.2, -0.15) is 0 Å². The third kappa shape index (κ3) is 7.71. The number of carbonyl (C=O) groups excluding carboxylic acids is 2. The zero-order chi connectivity index (χ0) is 35.0. The molecule has 3 heterocycles. The lowest BCUT2D eigenvalue weighted by atomic mass is 10.1. The molecule has 14 nitrogen and oxygen atoms in total. The molecule has 2 aromatic carbocycles. The second-order valence-electron chi connectivity index (χ2n) is 13.2. The van der Waals surface area contributed by atoms with Gasteiger partial charge in [0, 0.05) is 61.1 Å². The predicted octanol–water partition coefficient (Wildman–Crippen LogP) is 7.25.